The number of nitrogens with zero attached hydrogens (tertiary/aromatic N) is 3. The van der Waals surface area contributed by atoms with E-state index in [-0.39, 0.29) is 0 Å². The first-order valence-corrected chi connectivity index (χ1v) is 7.00. The topological polar surface area (TPSA) is 62.5 Å². The van der Waals surface area contributed by atoms with Crippen molar-refractivity contribution in [2.24, 2.45) is 0 Å². The van der Waals surface area contributed by atoms with Crippen molar-refractivity contribution in [2.75, 3.05) is 11.9 Å². The average Bonchev–Trinajstić information content (AvgIpc) is 2.87. The zero-order valence-corrected chi connectivity index (χ0v) is 12.2. The van der Waals surface area contributed by atoms with Crippen LogP contribution in [-0.4, -0.2) is 26.2 Å². The SMILES string of the molecule is OC(CNc1nc2ccc(Br)cn2n1)c1ccccc1. The number of aliphatic hydroxyl groups is 1. The van der Waals surface area contributed by atoms with Crippen LogP contribution in [0.25, 0.3) is 5.65 Å². The van der Waals surface area contributed by atoms with Gasteiger partial charge in [0.25, 0.3) is 0 Å². The molecule has 0 fully saturated rings. The summed E-state index contributed by atoms with van der Waals surface area (Å²) in [6.45, 7) is 0.363. The maximum atomic E-state index is 10.1. The van der Waals surface area contributed by atoms with Crippen molar-refractivity contribution < 1.29 is 5.11 Å². The number of benzene rings is 1. The summed E-state index contributed by atoms with van der Waals surface area (Å²) in [5.74, 6) is 0.498. The van der Waals surface area contributed by atoms with Crippen LogP contribution in [0.2, 0.25) is 0 Å². The van der Waals surface area contributed by atoms with Gasteiger partial charge in [-0.2, -0.15) is 4.98 Å². The number of aliphatic hydroxyl groups excluding tert-OH is 1. The van der Waals surface area contributed by atoms with E-state index in [0.717, 1.165) is 15.7 Å². The summed E-state index contributed by atoms with van der Waals surface area (Å²) in [5, 5.41) is 17.4. The maximum absolute atomic E-state index is 10.1. The van der Waals surface area contributed by atoms with Crippen LogP contribution in [0.3, 0.4) is 0 Å². The van der Waals surface area contributed by atoms with Crippen molar-refractivity contribution >= 4 is 27.5 Å². The zero-order valence-electron chi connectivity index (χ0n) is 10.6. The normalized spacial score (nSPS) is 12.5. The lowest BCUT2D eigenvalue weighted by atomic mass is 10.1. The first-order chi connectivity index (χ1) is 9.72. The van der Waals surface area contributed by atoms with E-state index in [0.29, 0.717) is 12.5 Å². The van der Waals surface area contributed by atoms with Crippen LogP contribution in [0.5, 0.6) is 0 Å². The molecule has 0 aliphatic rings. The number of hydrogen-bond donors (Lipinski definition) is 2. The van der Waals surface area contributed by atoms with Gasteiger partial charge in [-0.15, -0.1) is 5.10 Å². The van der Waals surface area contributed by atoms with Crippen molar-refractivity contribution in [3.63, 3.8) is 0 Å². The van der Waals surface area contributed by atoms with Gasteiger partial charge in [0.2, 0.25) is 5.95 Å². The molecule has 5 nitrogen and oxygen atoms in total. The van der Waals surface area contributed by atoms with Gasteiger partial charge >= 0.3 is 0 Å². The number of halogens is 1. The second-order valence-corrected chi connectivity index (χ2v) is 5.31. The summed E-state index contributed by atoms with van der Waals surface area (Å²) in [6.07, 6.45) is 1.25. The van der Waals surface area contributed by atoms with Crippen LogP contribution in [0.4, 0.5) is 5.95 Å². The lowest BCUT2D eigenvalue weighted by Crippen LogP contribution is -2.12. The lowest BCUT2D eigenvalue weighted by Gasteiger charge is -2.10. The molecule has 2 aromatic heterocycles. The molecule has 20 heavy (non-hydrogen) atoms. The molecule has 1 unspecified atom stereocenters. The van der Waals surface area contributed by atoms with E-state index in [9.17, 15) is 5.11 Å². The van der Waals surface area contributed by atoms with E-state index in [1.807, 2.05) is 48.7 Å². The Balaban J connectivity index is 1.71. The molecule has 102 valence electrons. The average molecular weight is 333 g/mol. The molecule has 0 amide bonds. The second-order valence-electron chi connectivity index (χ2n) is 4.39. The molecule has 0 aliphatic heterocycles. The predicted octanol–water partition coefficient (Wildman–Crippen LogP) is 2.64. The van der Waals surface area contributed by atoms with Crippen LogP contribution in [-0.2, 0) is 0 Å². The smallest absolute Gasteiger partial charge is 0.243 e. The van der Waals surface area contributed by atoms with E-state index in [2.05, 4.69) is 31.3 Å². The molecular formula is C14H13BrN4O. The number of pyridine rings is 1. The van der Waals surface area contributed by atoms with Gasteiger partial charge in [-0.05, 0) is 33.6 Å². The first-order valence-electron chi connectivity index (χ1n) is 6.21. The van der Waals surface area contributed by atoms with Gasteiger partial charge in [-0.3, -0.25) is 0 Å². The van der Waals surface area contributed by atoms with Gasteiger partial charge in [0.05, 0.1) is 6.10 Å². The first kappa shape index (κ1) is 13.1. The summed E-state index contributed by atoms with van der Waals surface area (Å²) in [4.78, 5) is 4.33. The van der Waals surface area contributed by atoms with Gasteiger partial charge in [-0.25, -0.2) is 4.52 Å². The Kier molecular flexibility index (Phi) is 3.66. The number of fused-ring (bicyclic) bond motifs is 1. The third kappa shape index (κ3) is 2.81. The van der Waals surface area contributed by atoms with E-state index in [4.69, 9.17) is 0 Å². The third-order valence-electron chi connectivity index (χ3n) is 2.93. The van der Waals surface area contributed by atoms with Crippen LogP contribution >= 0.6 is 15.9 Å². The van der Waals surface area contributed by atoms with Crippen LogP contribution < -0.4 is 5.32 Å². The molecule has 0 aliphatic carbocycles. The third-order valence-corrected chi connectivity index (χ3v) is 3.40. The Morgan fingerprint density at radius 1 is 1.20 bits per heavy atom. The molecule has 1 atom stereocenters. The Hall–Kier alpha value is -1.92. The van der Waals surface area contributed by atoms with E-state index in [1.165, 1.54) is 0 Å². The molecule has 0 radical (unpaired) electrons. The van der Waals surface area contributed by atoms with Gasteiger partial charge in [-0.1, -0.05) is 30.3 Å². The highest BCUT2D eigenvalue weighted by molar-refractivity contribution is 9.10. The quantitative estimate of drug-likeness (QED) is 0.771. The Bertz CT molecular complexity index is 714. The molecule has 0 saturated heterocycles. The number of hydrogen-bond acceptors (Lipinski definition) is 4. The van der Waals surface area contributed by atoms with E-state index in [1.54, 1.807) is 4.52 Å². The molecule has 0 spiro atoms. The second kappa shape index (κ2) is 5.60. The fraction of sp³-hybridized carbons (Fsp3) is 0.143. The molecular weight excluding hydrogens is 320 g/mol. The van der Waals surface area contributed by atoms with E-state index >= 15 is 0 Å². The highest BCUT2D eigenvalue weighted by atomic mass is 79.9. The molecule has 3 aromatic rings. The highest BCUT2D eigenvalue weighted by Crippen LogP contribution is 2.14. The predicted molar refractivity (Wildman–Crippen MR) is 80.6 cm³/mol. The van der Waals surface area contributed by atoms with Gasteiger partial charge in [0, 0.05) is 17.2 Å². The summed E-state index contributed by atoms with van der Waals surface area (Å²) >= 11 is 3.39. The minimum atomic E-state index is -0.588. The number of aromatic nitrogens is 3. The van der Waals surface area contributed by atoms with Crippen molar-refractivity contribution in [1.82, 2.24) is 14.6 Å². The lowest BCUT2D eigenvalue weighted by molar-refractivity contribution is 0.191. The van der Waals surface area contributed by atoms with Crippen molar-refractivity contribution in [3.8, 4) is 0 Å². The monoisotopic (exact) mass is 332 g/mol. The van der Waals surface area contributed by atoms with Crippen molar-refractivity contribution in [1.29, 1.82) is 0 Å². The van der Waals surface area contributed by atoms with E-state index < -0.39 is 6.10 Å². The molecule has 1 aromatic carbocycles. The summed E-state index contributed by atoms with van der Waals surface area (Å²) in [5.41, 5.74) is 1.62. The standard InChI is InChI=1S/C14H13BrN4O/c15-11-6-7-13-17-14(18-19(13)9-11)16-8-12(20)10-4-2-1-3-5-10/h1-7,9,12,20H,8H2,(H,16,18). The van der Waals surface area contributed by atoms with Gasteiger partial charge < -0.3 is 10.4 Å². The largest absolute Gasteiger partial charge is 0.387 e. The Labute approximate surface area is 124 Å². The van der Waals surface area contributed by atoms with Crippen LogP contribution in [0.1, 0.15) is 11.7 Å². The number of anilines is 1. The van der Waals surface area contributed by atoms with Gasteiger partial charge in [0.15, 0.2) is 5.65 Å². The number of nitrogens with one attached hydrogen (secondary N) is 1. The van der Waals surface area contributed by atoms with Crippen molar-refractivity contribution in [3.05, 3.63) is 58.7 Å². The number of rotatable bonds is 4. The summed E-state index contributed by atoms with van der Waals surface area (Å²) in [7, 11) is 0. The molecule has 0 bridgehead atoms. The molecule has 2 N–H and O–H groups in total. The van der Waals surface area contributed by atoms with Crippen molar-refractivity contribution in [2.45, 2.75) is 6.10 Å². The minimum Gasteiger partial charge on any atom is -0.387 e. The zero-order chi connectivity index (χ0) is 13.9. The molecule has 3 rings (SSSR count). The fourth-order valence-corrected chi connectivity index (χ4v) is 2.24. The molecule has 2 heterocycles. The van der Waals surface area contributed by atoms with Crippen LogP contribution in [0.15, 0.2) is 53.1 Å². The fourth-order valence-electron chi connectivity index (χ4n) is 1.91. The van der Waals surface area contributed by atoms with Crippen LogP contribution in [0, 0.1) is 0 Å². The Morgan fingerprint density at radius 3 is 2.80 bits per heavy atom. The summed E-state index contributed by atoms with van der Waals surface area (Å²) in [6, 6.07) is 13.3. The summed E-state index contributed by atoms with van der Waals surface area (Å²) < 4.78 is 2.62. The molecule has 6 heteroatoms. The minimum absolute atomic E-state index is 0.363. The maximum Gasteiger partial charge on any atom is 0.243 e. The Morgan fingerprint density at radius 2 is 2.00 bits per heavy atom. The highest BCUT2D eigenvalue weighted by Gasteiger charge is 2.09. The molecule has 0 saturated carbocycles. The van der Waals surface area contributed by atoms with Gasteiger partial charge in [0.1, 0.15) is 0 Å².